The van der Waals surface area contributed by atoms with Crippen LogP contribution in [0.2, 0.25) is 0 Å². The summed E-state index contributed by atoms with van der Waals surface area (Å²) in [6, 6.07) is 4.48. The smallest absolute Gasteiger partial charge is 0.123 e. The molecule has 0 unspecified atom stereocenters. The third-order valence-corrected chi connectivity index (χ3v) is 3.20. The number of benzene rings is 1. The van der Waals surface area contributed by atoms with Crippen LogP contribution in [0.4, 0.5) is 0 Å². The van der Waals surface area contributed by atoms with Crippen LogP contribution >= 0.6 is 11.8 Å². The molecule has 14 heavy (non-hydrogen) atoms. The summed E-state index contributed by atoms with van der Waals surface area (Å²) in [6.45, 7) is 5.19. The molecule has 0 aliphatic carbocycles. The third kappa shape index (κ3) is 2.06. The van der Waals surface area contributed by atoms with Crippen LogP contribution in [-0.2, 0) is 6.42 Å². The van der Waals surface area contributed by atoms with Crippen LogP contribution in [0.15, 0.2) is 21.9 Å². The summed E-state index contributed by atoms with van der Waals surface area (Å²) in [4.78, 5) is 2.84. The van der Waals surface area contributed by atoms with Crippen molar-refractivity contribution in [2.45, 2.75) is 42.9 Å². The minimum Gasteiger partial charge on any atom is -0.493 e. The highest BCUT2D eigenvalue weighted by Crippen LogP contribution is 2.51. The number of fused-ring (bicyclic) bond motifs is 1. The lowest BCUT2D eigenvalue weighted by atomic mass is 10.1. The van der Waals surface area contributed by atoms with Gasteiger partial charge in [0.15, 0.2) is 0 Å². The molecule has 1 nitrogen and oxygen atoms in total. The van der Waals surface area contributed by atoms with Crippen molar-refractivity contribution in [3.63, 3.8) is 0 Å². The minimum absolute atomic E-state index is 0.833. The largest absolute Gasteiger partial charge is 0.493 e. The van der Waals surface area contributed by atoms with E-state index in [-0.39, 0.29) is 0 Å². The standard InChI is InChI=1S/C12H16OS/c1-3-5-9-7-11-12(14-11)8-10(9)13-6-4-2/h7-8H,3-6H2,1-2H3. The zero-order chi connectivity index (χ0) is 9.97. The van der Waals surface area contributed by atoms with Gasteiger partial charge in [0.05, 0.1) is 6.61 Å². The predicted octanol–water partition coefficient (Wildman–Crippen LogP) is 3.89. The van der Waals surface area contributed by atoms with Crippen LogP contribution in [0.5, 0.6) is 5.75 Å². The van der Waals surface area contributed by atoms with E-state index in [1.54, 1.807) is 0 Å². The van der Waals surface area contributed by atoms with E-state index in [0.717, 1.165) is 25.2 Å². The number of rotatable bonds is 5. The average molecular weight is 208 g/mol. The molecule has 1 aliphatic rings. The molecule has 0 saturated heterocycles. The molecule has 0 atom stereocenters. The maximum atomic E-state index is 5.74. The van der Waals surface area contributed by atoms with Crippen molar-refractivity contribution in [3.8, 4) is 5.75 Å². The summed E-state index contributed by atoms with van der Waals surface area (Å²) in [7, 11) is 0. The van der Waals surface area contributed by atoms with Gasteiger partial charge in [-0.2, -0.15) is 0 Å². The lowest BCUT2D eigenvalue weighted by Crippen LogP contribution is -1.98. The molecule has 2 rings (SSSR count). The van der Waals surface area contributed by atoms with E-state index >= 15 is 0 Å². The van der Waals surface area contributed by atoms with Gasteiger partial charge in [0, 0.05) is 9.79 Å². The maximum Gasteiger partial charge on any atom is 0.123 e. The topological polar surface area (TPSA) is 9.23 Å². The highest BCUT2D eigenvalue weighted by molar-refractivity contribution is 8.05. The van der Waals surface area contributed by atoms with E-state index in [4.69, 9.17) is 4.74 Å². The van der Waals surface area contributed by atoms with Gasteiger partial charge in [-0.3, -0.25) is 0 Å². The first-order valence-corrected chi connectivity index (χ1v) is 6.14. The van der Waals surface area contributed by atoms with Gasteiger partial charge in [-0.05, 0) is 30.5 Å². The molecule has 0 amide bonds. The Labute approximate surface area is 89.9 Å². The molecule has 0 spiro atoms. The highest BCUT2D eigenvalue weighted by Gasteiger charge is 2.21. The quantitative estimate of drug-likeness (QED) is 0.689. The molecule has 0 bridgehead atoms. The van der Waals surface area contributed by atoms with E-state index in [1.807, 2.05) is 11.8 Å². The first-order valence-electron chi connectivity index (χ1n) is 5.32. The van der Waals surface area contributed by atoms with Gasteiger partial charge in [-0.1, -0.05) is 32.0 Å². The fourth-order valence-electron chi connectivity index (χ4n) is 1.55. The fourth-order valence-corrected chi connectivity index (χ4v) is 2.22. The summed E-state index contributed by atoms with van der Waals surface area (Å²) in [6.07, 6.45) is 3.40. The minimum atomic E-state index is 0.833. The molecule has 1 aromatic rings. The van der Waals surface area contributed by atoms with Gasteiger partial charge in [0.25, 0.3) is 0 Å². The summed E-state index contributed by atoms with van der Waals surface area (Å²) in [5, 5.41) is 0. The first-order chi connectivity index (χ1) is 6.85. The van der Waals surface area contributed by atoms with Gasteiger partial charge < -0.3 is 4.74 Å². The van der Waals surface area contributed by atoms with Crippen molar-refractivity contribution in [1.29, 1.82) is 0 Å². The molecule has 0 radical (unpaired) electrons. The van der Waals surface area contributed by atoms with Gasteiger partial charge in [0.2, 0.25) is 0 Å². The lowest BCUT2D eigenvalue weighted by molar-refractivity contribution is 0.313. The zero-order valence-corrected chi connectivity index (χ0v) is 9.62. The summed E-state index contributed by atoms with van der Waals surface area (Å²) in [5.74, 6) is 1.11. The molecular formula is C12H16OS. The maximum absolute atomic E-state index is 5.74. The summed E-state index contributed by atoms with van der Waals surface area (Å²) in [5.41, 5.74) is 1.38. The number of ether oxygens (including phenoxy) is 1. The van der Waals surface area contributed by atoms with Crippen molar-refractivity contribution in [2.24, 2.45) is 0 Å². The molecule has 1 aromatic carbocycles. The van der Waals surface area contributed by atoms with Crippen molar-refractivity contribution in [2.75, 3.05) is 6.61 Å². The Bertz CT molecular complexity index is 333. The van der Waals surface area contributed by atoms with Gasteiger partial charge >= 0.3 is 0 Å². The number of hydrogen-bond acceptors (Lipinski definition) is 2. The normalized spacial score (nSPS) is 12.4. The van der Waals surface area contributed by atoms with E-state index in [9.17, 15) is 0 Å². The molecule has 76 valence electrons. The Morgan fingerprint density at radius 2 is 1.93 bits per heavy atom. The fraction of sp³-hybridized carbons (Fsp3) is 0.500. The second kappa shape index (κ2) is 4.26. The molecule has 0 N–H and O–H groups in total. The lowest BCUT2D eigenvalue weighted by Gasteiger charge is -2.08. The van der Waals surface area contributed by atoms with E-state index in [1.165, 1.54) is 21.8 Å². The van der Waals surface area contributed by atoms with Crippen LogP contribution in [0.1, 0.15) is 32.3 Å². The Kier molecular flexibility index (Phi) is 3.02. The monoisotopic (exact) mass is 208 g/mol. The Morgan fingerprint density at radius 1 is 1.14 bits per heavy atom. The first kappa shape index (κ1) is 9.91. The predicted molar refractivity (Wildman–Crippen MR) is 60.3 cm³/mol. The Hall–Kier alpha value is -0.630. The van der Waals surface area contributed by atoms with Crippen LogP contribution in [0, 0.1) is 0 Å². The molecular weight excluding hydrogens is 192 g/mol. The number of aryl methyl sites for hydroxylation is 1. The number of hydrogen-bond donors (Lipinski definition) is 0. The second-order valence-electron chi connectivity index (χ2n) is 3.61. The highest BCUT2D eigenvalue weighted by atomic mass is 32.2. The van der Waals surface area contributed by atoms with Crippen LogP contribution in [0.25, 0.3) is 0 Å². The molecule has 0 saturated carbocycles. The third-order valence-electron chi connectivity index (χ3n) is 2.29. The Balaban J connectivity index is 2.15. The van der Waals surface area contributed by atoms with Crippen molar-refractivity contribution in [1.82, 2.24) is 0 Å². The summed E-state index contributed by atoms with van der Waals surface area (Å²) >= 11 is 1.87. The van der Waals surface area contributed by atoms with Crippen molar-refractivity contribution in [3.05, 3.63) is 17.7 Å². The van der Waals surface area contributed by atoms with E-state index < -0.39 is 0 Å². The van der Waals surface area contributed by atoms with Gasteiger partial charge in [0.1, 0.15) is 5.75 Å². The average Bonchev–Trinajstić information content (AvgIpc) is 2.92. The zero-order valence-electron chi connectivity index (χ0n) is 8.80. The van der Waals surface area contributed by atoms with Crippen LogP contribution in [-0.4, -0.2) is 6.61 Å². The summed E-state index contributed by atoms with van der Waals surface area (Å²) < 4.78 is 5.74. The second-order valence-corrected chi connectivity index (χ2v) is 4.69. The molecule has 0 aromatic heterocycles. The van der Waals surface area contributed by atoms with Crippen LogP contribution < -0.4 is 4.74 Å². The van der Waals surface area contributed by atoms with Gasteiger partial charge in [-0.15, -0.1) is 0 Å². The molecule has 1 aliphatic heterocycles. The van der Waals surface area contributed by atoms with Crippen molar-refractivity contribution >= 4 is 11.8 Å². The van der Waals surface area contributed by atoms with E-state index in [0.29, 0.717) is 0 Å². The SMILES string of the molecule is CCCOc1cc2c(cc1CCC)S2. The van der Waals surface area contributed by atoms with Crippen molar-refractivity contribution < 1.29 is 4.74 Å². The molecule has 0 fully saturated rings. The molecule has 1 heterocycles. The van der Waals surface area contributed by atoms with Gasteiger partial charge in [-0.25, -0.2) is 0 Å². The molecule has 2 heteroatoms. The Morgan fingerprint density at radius 3 is 2.64 bits per heavy atom. The van der Waals surface area contributed by atoms with Crippen LogP contribution in [0.3, 0.4) is 0 Å². The van der Waals surface area contributed by atoms with E-state index in [2.05, 4.69) is 26.0 Å².